The average Bonchev–Trinajstić information content (AvgIpc) is 3.21. The summed E-state index contributed by atoms with van der Waals surface area (Å²) in [5.74, 6) is 1.57. The number of piperidine rings is 1. The van der Waals surface area contributed by atoms with Gasteiger partial charge in [0.2, 0.25) is 6.79 Å². The maximum atomic E-state index is 13.2. The van der Waals surface area contributed by atoms with Crippen molar-refractivity contribution in [1.29, 1.82) is 0 Å². The third kappa shape index (κ3) is 4.06. The second kappa shape index (κ2) is 8.26. The van der Waals surface area contributed by atoms with Gasteiger partial charge in [0.05, 0.1) is 5.56 Å². The van der Waals surface area contributed by atoms with Gasteiger partial charge in [-0.3, -0.25) is 9.59 Å². The highest BCUT2D eigenvalue weighted by molar-refractivity contribution is 6.06. The minimum Gasteiger partial charge on any atom is -0.454 e. The summed E-state index contributed by atoms with van der Waals surface area (Å²) in [5, 5.41) is 2.90. The SMILES string of the molecule is CC1CCN(C(=O)c2cc(NC(=O)c3ccc4c(c3)OCO4)ccc2N(C)C)CC1. The molecule has 2 aromatic carbocycles. The number of benzene rings is 2. The van der Waals surface area contributed by atoms with E-state index in [0.29, 0.717) is 34.2 Å². The average molecular weight is 409 g/mol. The molecule has 158 valence electrons. The molecule has 7 nitrogen and oxygen atoms in total. The standard InChI is InChI=1S/C23H27N3O4/c1-15-8-10-26(11-9-15)23(28)18-13-17(5-6-19(18)25(2)3)24-22(27)16-4-7-20-21(12-16)30-14-29-20/h4-7,12-13,15H,8-11,14H2,1-3H3,(H,24,27). The van der Waals surface area contributed by atoms with Crippen molar-refractivity contribution in [1.82, 2.24) is 4.90 Å². The molecule has 30 heavy (non-hydrogen) atoms. The Morgan fingerprint density at radius 2 is 1.77 bits per heavy atom. The Labute approximate surface area is 176 Å². The summed E-state index contributed by atoms with van der Waals surface area (Å²) in [6.45, 7) is 3.91. The summed E-state index contributed by atoms with van der Waals surface area (Å²) in [6, 6.07) is 10.5. The van der Waals surface area contributed by atoms with Crippen LogP contribution in [0.3, 0.4) is 0 Å². The quantitative estimate of drug-likeness (QED) is 0.835. The van der Waals surface area contributed by atoms with Crippen molar-refractivity contribution in [2.45, 2.75) is 19.8 Å². The molecular formula is C23H27N3O4. The van der Waals surface area contributed by atoms with Gasteiger partial charge in [-0.15, -0.1) is 0 Å². The van der Waals surface area contributed by atoms with E-state index in [4.69, 9.17) is 9.47 Å². The van der Waals surface area contributed by atoms with E-state index in [1.165, 1.54) is 0 Å². The Morgan fingerprint density at radius 3 is 2.50 bits per heavy atom. The monoisotopic (exact) mass is 409 g/mol. The first-order chi connectivity index (χ1) is 14.4. The van der Waals surface area contributed by atoms with Crippen LogP contribution in [0.15, 0.2) is 36.4 Å². The van der Waals surface area contributed by atoms with E-state index in [1.807, 2.05) is 36.0 Å². The van der Waals surface area contributed by atoms with Crippen molar-refractivity contribution in [2.24, 2.45) is 5.92 Å². The van der Waals surface area contributed by atoms with Crippen LogP contribution in [-0.2, 0) is 0 Å². The molecular weight excluding hydrogens is 382 g/mol. The predicted octanol–water partition coefficient (Wildman–Crippen LogP) is 3.61. The van der Waals surface area contributed by atoms with Crippen LogP contribution in [0.25, 0.3) is 0 Å². The molecule has 0 bridgehead atoms. The number of nitrogens with one attached hydrogen (secondary N) is 1. The molecule has 2 amide bonds. The fourth-order valence-electron chi connectivity index (χ4n) is 3.80. The van der Waals surface area contributed by atoms with Crippen LogP contribution in [0, 0.1) is 5.92 Å². The molecule has 0 spiro atoms. The highest BCUT2D eigenvalue weighted by atomic mass is 16.7. The molecule has 2 aliphatic heterocycles. The molecule has 2 aliphatic rings. The topological polar surface area (TPSA) is 71.1 Å². The molecule has 0 saturated carbocycles. The van der Waals surface area contributed by atoms with E-state index in [-0.39, 0.29) is 18.6 Å². The van der Waals surface area contributed by atoms with Crippen LogP contribution in [0.1, 0.15) is 40.5 Å². The van der Waals surface area contributed by atoms with Gasteiger partial charge < -0.3 is 24.6 Å². The van der Waals surface area contributed by atoms with Crippen LogP contribution in [-0.4, -0.2) is 50.7 Å². The van der Waals surface area contributed by atoms with Crippen molar-refractivity contribution in [3.63, 3.8) is 0 Å². The first-order valence-corrected chi connectivity index (χ1v) is 10.2. The van der Waals surface area contributed by atoms with Crippen molar-refractivity contribution < 1.29 is 19.1 Å². The number of carbonyl (C=O) groups excluding carboxylic acids is 2. The van der Waals surface area contributed by atoms with Crippen molar-refractivity contribution in [2.75, 3.05) is 44.2 Å². The number of ether oxygens (including phenoxy) is 2. The molecule has 7 heteroatoms. The van der Waals surface area contributed by atoms with E-state index < -0.39 is 0 Å². The Bertz CT molecular complexity index is 965. The lowest BCUT2D eigenvalue weighted by Gasteiger charge is -2.31. The van der Waals surface area contributed by atoms with Gasteiger partial charge >= 0.3 is 0 Å². The summed E-state index contributed by atoms with van der Waals surface area (Å²) < 4.78 is 10.6. The van der Waals surface area contributed by atoms with Gasteiger partial charge in [0.25, 0.3) is 11.8 Å². The fourth-order valence-corrected chi connectivity index (χ4v) is 3.80. The minimum atomic E-state index is -0.268. The second-order valence-corrected chi connectivity index (χ2v) is 8.12. The number of fused-ring (bicyclic) bond motifs is 1. The number of hydrogen-bond acceptors (Lipinski definition) is 5. The Kier molecular flexibility index (Phi) is 5.53. The molecule has 0 unspecified atom stereocenters. The summed E-state index contributed by atoms with van der Waals surface area (Å²) in [4.78, 5) is 29.8. The molecule has 1 fully saturated rings. The van der Waals surface area contributed by atoms with Gasteiger partial charge in [0.15, 0.2) is 11.5 Å². The number of likely N-dealkylation sites (tertiary alicyclic amines) is 1. The molecule has 1 saturated heterocycles. The first kappa shape index (κ1) is 20.1. The lowest BCUT2D eigenvalue weighted by atomic mass is 9.98. The Morgan fingerprint density at radius 1 is 1.03 bits per heavy atom. The fraction of sp³-hybridized carbons (Fsp3) is 0.391. The number of hydrogen-bond donors (Lipinski definition) is 1. The molecule has 1 N–H and O–H groups in total. The van der Waals surface area contributed by atoms with Gasteiger partial charge in [-0.25, -0.2) is 0 Å². The van der Waals surface area contributed by atoms with Crippen LogP contribution in [0.4, 0.5) is 11.4 Å². The first-order valence-electron chi connectivity index (χ1n) is 10.2. The maximum absolute atomic E-state index is 13.2. The number of nitrogens with zero attached hydrogens (tertiary/aromatic N) is 2. The minimum absolute atomic E-state index is 0.00442. The normalized spacial score (nSPS) is 15.8. The number of amides is 2. The van der Waals surface area contributed by atoms with E-state index >= 15 is 0 Å². The molecule has 0 atom stereocenters. The second-order valence-electron chi connectivity index (χ2n) is 8.12. The van der Waals surface area contributed by atoms with Gasteiger partial charge in [-0.1, -0.05) is 6.92 Å². The lowest BCUT2D eigenvalue weighted by molar-refractivity contribution is 0.0697. The summed E-state index contributed by atoms with van der Waals surface area (Å²) in [7, 11) is 3.82. The van der Waals surface area contributed by atoms with E-state index in [9.17, 15) is 9.59 Å². The molecule has 0 radical (unpaired) electrons. The zero-order valence-electron chi connectivity index (χ0n) is 17.6. The molecule has 0 aromatic heterocycles. The zero-order chi connectivity index (χ0) is 21.3. The number of carbonyl (C=O) groups is 2. The smallest absolute Gasteiger partial charge is 0.256 e. The lowest BCUT2D eigenvalue weighted by Crippen LogP contribution is -2.38. The van der Waals surface area contributed by atoms with Crippen LogP contribution in [0.2, 0.25) is 0 Å². The molecule has 0 aliphatic carbocycles. The number of anilines is 2. The van der Waals surface area contributed by atoms with Gasteiger partial charge in [-0.2, -0.15) is 0 Å². The van der Waals surface area contributed by atoms with E-state index in [1.54, 1.807) is 24.3 Å². The van der Waals surface area contributed by atoms with Crippen molar-refractivity contribution in [3.05, 3.63) is 47.5 Å². The molecule has 2 heterocycles. The number of rotatable bonds is 4. The zero-order valence-corrected chi connectivity index (χ0v) is 17.6. The van der Waals surface area contributed by atoms with E-state index in [0.717, 1.165) is 31.6 Å². The third-order valence-corrected chi connectivity index (χ3v) is 5.67. The predicted molar refractivity (Wildman–Crippen MR) is 116 cm³/mol. The van der Waals surface area contributed by atoms with Gasteiger partial charge in [0.1, 0.15) is 0 Å². The van der Waals surface area contributed by atoms with Crippen molar-refractivity contribution in [3.8, 4) is 11.5 Å². The largest absolute Gasteiger partial charge is 0.454 e. The van der Waals surface area contributed by atoms with Crippen LogP contribution >= 0.6 is 0 Å². The van der Waals surface area contributed by atoms with Crippen molar-refractivity contribution >= 4 is 23.2 Å². The highest BCUT2D eigenvalue weighted by Crippen LogP contribution is 2.33. The summed E-state index contributed by atoms with van der Waals surface area (Å²) in [6.07, 6.45) is 2.03. The Hall–Kier alpha value is -3.22. The maximum Gasteiger partial charge on any atom is 0.256 e. The highest BCUT2D eigenvalue weighted by Gasteiger charge is 2.24. The van der Waals surface area contributed by atoms with Crippen LogP contribution in [0.5, 0.6) is 11.5 Å². The van der Waals surface area contributed by atoms with Gasteiger partial charge in [0, 0.05) is 44.1 Å². The van der Waals surface area contributed by atoms with Crippen LogP contribution < -0.4 is 19.7 Å². The summed E-state index contributed by atoms with van der Waals surface area (Å²) >= 11 is 0. The van der Waals surface area contributed by atoms with E-state index in [2.05, 4.69) is 12.2 Å². The summed E-state index contributed by atoms with van der Waals surface area (Å²) in [5.41, 5.74) is 2.48. The van der Waals surface area contributed by atoms with Gasteiger partial charge in [-0.05, 0) is 55.2 Å². The molecule has 2 aromatic rings. The third-order valence-electron chi connectivity index (χ3n) is 5.67. The Balaban J connectivity index is 1.56. The molecule has 4 rings (SSSR count).